The minimum atomic E-state index is -0.189. The average Bonchev–Trinajstić information content (AvgIpc) is 3.09. The number of H-pyrrole nitrogens is 1. The number of imidazole rings is 1. The Morgan fingerprint density at radius 1 is 1.55 bits per heavy atom. The molecule has 9 heteroatoms. The molecule has 0 bridgehead atoms. The van der Waals surface area contributed by atoms with Gasteiger partial charge in [-0.2, -0.15) is 0 Å². The van der Waals surface area contributed by atoms with Crippen LogP contribution < -0.4 is 11.0 Å². The summed E-state index contributed by atoms with van der Waals surface area (Å²) < 4.78 is 3.66. The Hall–Kier alpha value is -1.58. The number of thiazole rings is 1. The van der Waals surface area contributed by atoms with Crippen molar-refractivity contribution < 1.29 is 0 Å². The lowest BCUT2D eigenvalue weighted by atomic mass is 10.5. The van der Waals surface area contributed by atoms with Gasteiger partial charge < -0.3 is 5.32 Å². The van der Waals surface area contributed by atoms with Crippen molar-refractivity contribution in [2.24, 2.45) is 0 Å². The third kappa shape index (κ3) is 2.17. The van der Waals surface area contributed by atoms with Crippen molar-refractivity contribution in [2.45, 2.75) is 30.2 Å². The van der Waals surface area contributed by atoms with Gasteiger partial charge in [-0.15, -0.1) is 16.4 Å². The summed E-state index contributed by atoms with van der Waals surface area (Å²) in [7, 11) is 1.90. The lowest BCUT2D eigenvalue weighted by Crippen LogP contribution is -2.16. The van der Waals surface area contributed by atoms with Crippen LogP contribution in [-0.2, 0) is 13.1 Å². The van der Waals surface area contributed by atoms with E-state index in [9.17, 15) is 4.79 Å². The summed E-state index contributed by atoms with van der Waals surface area (Å²) >= 11 is 3.00. The Morgan fingerprint density at radius 3 is 3.15 bits per heavy atom. The number of hydrogen-bond donors (Lipinski definition) is 2. The maximum Gasteiger partial charge on any atom is 0.343 e. The van der Waals surface area contributed by atoms with E-state index in [-0.39, 0.29) is 5.69 Å². The fraction of sp³-hybridized carbons (Fsp3) is 0.364. The molecule has 0 aromatic carbocycles. The molecule has 0 saturated carbocycles. The number of rotatable bonds is 5. The van der Waals surface area contributed by atoms with Gasteiger partial charge in [-0.3, -0.25) is 8.97 Å². The molecule has 0 atom stereocenters. The molecule has 0 aliphatic heterocycles. The Balaban J connectivity index is 2.03. The molecule has 0 spiro atoms. The highest BCUT2D eigenvalue weighted by Crippen LogP contribution is 2.30. The second-order valence-corrected chi connectivity index (χ2v) is 5.94. The highest BCUT2D eigenvalue weighted by Gasteiger charge is 2.17. The molecule has 0 aliphatic carbocycles. The van der Waals surface area contributed by atoms with Crippen LogP contribution >= 0.6 is 23.1 Å². The molecular weight excluding hydrogens is 296 g/mol. The number of aromatic amines is 1. The van der Waals surface area contributed by atoms with Gasteiger partial charge in [-0.05, 0) is 25.7 Å². The minimum Gasteiger partial charge on any atom is -0.314 e. The van der Waals surface area contributed by atoms with E-state index in [4.69, 9.17) is 0 Å². The predicted molar refractivity (Wildman–Crippen MR) is 78.5 cm³/mol. The van der Waals surface area contributed by atoms with E-state index in [0.29, 0.717) is 18.2 Å². The molecule has 7 nitrogen and oxygen atoms in total. The molecule has 0 fully saturated rings. The fourth-order valence-corrected chi connectivity index (χ4v) is 3.77. The number of nitrogens with zero attached hydrogens (tertiary/aromatic N) is 4. The first kappa shape index (κ1) is 13.4. The largest absolute Gasteiger partial charge is 0.343 e. The molecule has 0 amide bonds. The molecule has 0 radical (unpaired) electrons. The van der Waals surface area contributed by atoms with Crippen LogP contribution in [0.3, 0.4) is 0 Å². The fourth-order valence-electron chi connectivity index (χ4n) is 1.97. The van der Waals surface area contributed by atoms with Crippen LogP contribution in [0.1, 0.15) is 12.6 Å². The van der Waals surface area contributed by atoms with E-state index in [2.05, 4.69) is 24.9 Å². The van der Waals surface area contributed by atoms with Crippen LogP contribution in [0, 0.1) is 0 Å². The summed E-state index contributed by atoms with van der Waals surface area (Å²) in [5.74, 6) is 0. The van der Waals surface area contributed by atoms with E-state index in [0.717, 1.165) is 15.7 Å². The normalized spacial score (nSPS) is 11.5. The van der Waals surface area contributed by atoms with Gasteiger partial charge in [0.2, 0.25) is 0 Å². The van der Waals surface area contributed by atoms with E-state index in [1.165, 1.54) is 11.8 Å². The van der Waals surface area contributed by atoms with Crippen molar-refractivity contribution in [3.8, 4) is 0 Å². The first-order chi connectivity index (χ1) is 9.74. The molecule has 3 aromatic heterocycles. The molecule has 3 heterocycles. The number of hydrogen-bond acceptors (Lipinski definition) is 6. The van der Waals surface area contributed by atoms with Crippen molar-refractivity contribution in [2.75, 3.05) is 7.05 Å². The maximum atomic E-state index is 11.6. The SMILES string of the molecule is CCn1c(Sc2nc3sccn3c2CNC)n[nH]c1=O. The summed E-state index contributed by atoms with van der Waals surface area (Å²) in [6, 6.07) is 0. The van der Waals surface area contributed by atoms with Gasteiger partial charge in [0.05, 0.1) is 5.69 Å². The molecule has 0 unspecified atom stereocenters. The molecule has 0 saturated heterocycles. The van der Waals surface area contributed by atoms with Gasteiger partial charge in [0.1, 0.15) is 5.03 Å². The van der Waals surface area contributed by atoms with Gasteiger partial charge in [0.15, 0.2) is 10.1 Å². The topological polar surface area (TPSA) is 80.0 Å². The van der Waals surface area contributed by atoms with Crippen LogP contribution in [0.15, 0.2) is 26.6 Å². The Bertz CT molecular complexity index is 782. The first-order valence-corrected chi connectivity index (χ1v) is 7.86. The van der Waals surface area contributed by atoms with Crippen molar-refractivity contribution in [3.63, 3.8) is 0 Å². The quantitative estimate of drug-likeness (QED) is 0.739. The van der Waals surface area contributed by atoms with Crippen LogP contribution in [0.25, 0.3) is 4.96 Å². The van der Waals surface area contributed by atoms with Crippen LogP contribution in [0.5, 0.6) is 0 Å². The zero-order valence-corrected chi connectivity index (χ0v) is 12.7. The van der Waals surface area contributed by atoms with E-state index in [1.54, 1.807) is 15.9 Å². The van der Waals surface area contributed by atoms with Crippen LogP contribution in [-0.4, -0.2) is 31.2 Å². The Labute approximate surface area is 123 Å². The molecule has 2 N–H and O–H groups in total. The summed E-state index contributed by atoms with van der Waals surface area (Å²) in [6.07, 6.45) is 2.00. The standard InChI is InChI=1S/C11H14N6OS2/c1-3-16-9(18)14-15-11(16)20-8-7(6-12-2)17-4-5-19-10(17)13-8/h4-5,12H,3,6H2,1-2H3,(H,14,18). The minimum absolute atomic E-state index is 0.189. The highest BCUT2D eigenvalue weighted by molar-refractivity contribution is 7.99. The molecule has 0 aliphatic rings. The molecule has 106 valence electrons. The van der Waals surface area contributed by atoms with Crippen LogP contribution in [0.4, 0.5) is 0 Å². The first-order valence-electron chi connectivity index (χ1n) is 6.16. The molecular formula is C11H14N6OS2. The van der Waals surface area contributed by atoms with E-state index < -0.39 is 0 Å². The third-order valence-electron chi connectivity index (χ3n) is 2.90. The summed E-state index contributed by atoms with van der Waals surface area (Å²) in [4.78, 5) is 17.1. The lowest BCUT2D eigenvalue weighted by molar-refractivity contribution is 0.659. The highest BCUT2D eigenvalue weighted by atomic mass is 32.2. The van der Waals surface area contributed by atoms with Crippen molar-refractivity contribution >= 4 is 28.1 Å². The summed E-state index contributed by atoms with van der Waals surface area (Å²) in [5.41, 5.74) is 0.887. The Kier molecular flexibility index (Phi) is 3.64. The second kappa shape index (κ2) is 5.43. The van der Waals surface area contributed by atoms with Gasteiger partial charge in [-0.1, -0.05) is 0 Å². The zero-order valence-electron chi connectivity index (χ0n) is 11.1. The monoisotopic (exact) mass is 310 g/mol. The van der Waals surface area contributed by atoms with Crippen molar-refractivity contribution in [1.29, 1.82) is 0 Å². The maximum absolute atomic E-state index is 11.6. The van der Waals surface area contributed by atoms with Gasteiger partial charge in [0, 0.05) is 24.7 Å². The number of aromatic nitrogens is 5. The van der Waals surface area contributed by atoms with Crippen molar-refractivity contribution in [1.82, 2.24) is 29.5 Å². The number of fused-ring (bicyclic) bond motifs is 1. The molecule has 3 aromatic rings. The summed E-state index contributed by atoms with van der Waals surface area (Å²) in [6.45, 7) is 3.21. The molecule has 3 rings (SSSR count). The van der Waals surface area contributed by atoms with Gasteiger partial charge >= 0.3 is 5.69 Å². The smallest absolute Gasteiger partial charge is 0.314 e. The summed E-state index contributed by atoms with van der Waals surface area (Å²) in [5, 5.41) is 13.2. The Morgan fingerprint density at radius 2 is 2.40 bits per heavy atom. The van der Waals surface area contributed by atoms with Crippen LogP contribution in [0.2, 0.25) is 0 Å². The van der Waals surface area contributed by atoms with E-state index in [1.807, 2.05) is 25.5 Å². The number of nitrogens with one attached hydrogen (secondary N) is 2. The van der Waals surface area contributed by atoms with Gasteiger partial charge in [-0.25, -0.2) is 14.9 Å². The zero-order chi connectivity index (χ0) is 14.1. The average molecular weight is 310 g/mol. The van der Waals surface area contributed by atoms with E-state index >= 15 is 0 Å². The molecule has 20 heavy (non-hydrogen) atoms. The lowest BCUT2D eigenvalue weighted by Gasteiger charge is -2.03. The van der Waals surface area contributed by atoms with Crippen molar-refractivity contribution in [3.05, 3.63) is 27.8 Å². The van der Waals surface area contributed by atoms with Gasteiger partial charge in [0.25, 0.3) is 0 Å². The third-order valence-corrected chi connectivity index (χ3v) is 4.67. The second-order valence-electron chi connectivity index (χ2n) is 4.11. The predicted octanol–water partition coefficient (Wildman–Crippen LogP) is 1.17.